The Kier molecular flexibility index (Phi) is 6.92. The van der Waals surface area contributed by atoms with E-state index in [1.165, 1.54) is 18.2 Å². The summed E-state index contributed by atoms with van der Waals surface area (Å²) in [5.41, 5.74) is 6.44. The van der Waals surface area contributed by atoms with Gasteiger partial charge in [0.15, 0.2) is 0 Å². The molecule has 182 valence electrons. The van der Waals surface area contributed by atoms with Crippen molar-refractivity contribution in [1.29, 1.82) is 0 Å². The standard InChI is InChI=1S/C29H32N2O4/c1-19-8-6-7-9-23(19)20-10-12-24-22(16-20)18-31(28(33)35-29(2,3)4)26(24)13-11-21-17-30-15-14-25(21)27(32)34-5/h6-10,12,14-17,26H,11,13,18H2,1-5H3/t26-/m0/s1. The second-order valence-electron chi connectivity index (χ2n) is 9.92. The summed E-state index contributed by atoms with van der Waals surface area (Å²) in [6, 6.07) is 16.2. The van der Waals surface area contributed by atoms with E-state index in [1.807, 2.05) is 32.9 Å². The number of rotatable bonds is 5. The van der Waals surface area contributed by atoms with Gasteiger partial charge in [0.05, 0.1) is 25.3 Å². The molecule has 1 amide bonds. The average molecular weight is 473 g/mol. The lowest BCUT2D eigenvalue weighted by Crippen LogP contribution is -2.36. The molecule has 0 aliphatic carbocycles. The van der Waals surface area contributed by atoms with Crippen molar-refractivity contribution in [2.24, 2.45) is 0 Å². The summed E-state index contributed by atoms with van der Waals surface area (Å²) in [6.07, 6.45) is 4.14. The SMILES string of the molecule is COC(=O)c1ccncc1CC[C@H]1c2ccc(-c3ccccc3C)cc2CN1C(=O)OC(C)(C)C. The molecule has 4 rings (SSSR count). The molecule has 0 unspecified atom stereocenters. The summed E-state index contributed by atoms with van der Waals surface area (Å²) in [5, 5.41) is 0. The van der Waals surface area contributed by atoms with Crippen LogP contribution in [0.4, 0.5) is 4.79 Å². The van der Waals surface area contributed by atoms with E-state index >= 15 is 0 Å². The van der Waals surface area contributed by atoms with E-state index in [1.54, 1.807) is 23.4 Å². The highest BCUT2D eigenvalue weighted by atomic mass is 16.6. The van der Waals surface area contributed by atoms with Gasteiger partial charge in [-0.05, 0) is 86.1 Å². The van der Waals surface area contributed by atoms with Crippen LogP contribution in [0.25, 0.3) is 11.1 Å². The van der Waals surface area contributed by atoms with Crippen molar-refractivity contribution in [3.8, 4) is 11.1 Å². The highest BCUT2D eigenvalue weighted by Gasteiger charge is 2.36. The maximum absolute atomic E-state index is 13.2. The first kappa shape index (κ1) is 24.5. The Morgan fingerprint density at radius 2 is 1.89 bits per heavy atom. The first-order chi connectivity index (χ1) is 16.7. The van der Waals surface area contributed by atoms with E-state index in [0.717, 1.165) is 22.3 Å². The van der Waals surface area contributed by atoms with Crippen molar-refractivity contribution in [3.05, 3.63) is 88.7 Å². The Labute approximate surface area is 206 Å². The van der Waals surface area contributed by atoms with Gasteiger partial charge < -0.3 is 9.47 Å². The Hall–Kier alpha value is -3.67. The minimum absolute atomic E-state index is 0.170. The zero-order valence-corrected chi connectivity index (χ0v) is 21.0. The van der Waals surface area contributed by atoms with Crippen LogP contribution < -0.4 is 0 Å². The zero-order valence-electron chi connectivity index (χ0n) is 21.0. The van der Waals surface area contributed by atoms with Gasteiger partial charge in [-0.1, -0.05) is 36.4 Å². The zero-order chi connectivity index (χ0) is 25.2. The number of aryl methyl sites for hydroxylation is 2. The van der Waals surface area contributed by atoms with Gasteiger partial charge in [0, 0.05) is 12.4 Å². The van der Waals surface area contributed by atoms with Gasteiger partial charge in [0.25, 0.3) is 0 Å². The average Bonchev–Trinajstić information content (AvgIpc) is 3.19. The maximum atomic E-state index is 13.2. The minimum Gasteiger partial charge on any atom is -0.465 e. The number of methoxy groups -OCH3 is 1. The number of benzene rings is 2. The second kappa shape index (κ2) is 9.90. The van der Waals surface area contributed by atoms with Crippen LogP contribution in [0.5, 0.6) is 0 Å². The quantitative estimate of drug-likeness (QED) is 0.410. The van der Waals surface area contributed by atoms with Gasteiger partial charge in [-0.3, -0.25) is 9.88 Å². The third kappa shape index (κ3) is 5.37. The summed E-state index contributed by atoms with van der Waals surface area (Å²) in [4.78, 5) is 31.4. The van der Waals surface area contributed by atoms with Crippen LogP contribution in [-0.4, -0.2) is 34.7 Å². The topological polar surface area (TPSA) is 68.7 Å². The third-order valence-electron chi connectivity index (χ3n) is 6.30. The van der Waals surface area contributed by atoms with Crippen LogP contribution in [0, 0.1) is 6.92 Å². The van der Waals surface area contributed by atoms with E-state index in [9.17, 15) is 9.59 Å². The van der Waals surface area contributed by atoms with Crippen molar-refractivity contribution in [2.75, 3.05) is 7.11 Å². The van der Waals surface area contributed by atoms with Gasteiger partial charge >= 0.3 is 12.1 Å². The molecule has 0 radical (unpaired) electrons. The predicted octanol–water partition coefficient (Wildman–Crippen LogP) is 6.27. The molecule has 1 aliphatic heterocycles. The summed E-state index contributed by atoms with van der Waals surface area (Å²) >= 11 is 0. The fourth-order valence-corrected chi connectivity index (χ4v) is 4.65. The number of pyridine rings is 1. The van der Waals surface area contributed by atoms with Gasteiger partial charge in [-0.25, -0.2) is 9.59 Å². The van der Waals surface area contributed by atoms with E-state index in [0.29, 0.717) is 24.9 Å². The molecule has 1 aliphatic rings. The number of fused-ring (bicyclic) bond motifs is 1. The molecule has 3 aromatic rings. The second-order valence-corrected chi connectivity index (χ2v) is 9.92. The smallest absolute Gasteiger partial charge is 0.411 e. The molecule has 0 saturated carbocycles. The highest BCUT2D eigenvalue weighted by molar-refractivity contribution is 5.90. The number of carbonyl (C=O) groups is 2. The molecular weight excluding hydrogens is 440 g/mol. The number of aromatic nitrogens is 1. The summed E-state index contributed by atoms with van der Waals surface area (Å²) in [6.45, 7) is 8.20. The summed E-state index contributed by atoms with van der Waals surface area (Å²) < 4.78 is 10.7. The van der Waals surface area contributed by atoms with Crippen molar-refractivity contribution in [2.45, 2.75) is 58.7 Å². The van der Waals surface area contributed by atoms with Crippen LogP contribution in [0.3, 0.4) is 0 Å². The van der Waals surface area contributed by atoms with Crippen molar-refractivity contribution < 1.29 is 19.1 Å². The molecule has 0 fully saturated rings. The molecule has 6 nitrogen and oxygen atoms in total. The highest BCUT2D eigenvalue weighted by Crippen LogP contribution is 2.40. The molecule has 0 N–H and O–H groups in total. The minimum atomic E-state index is -0.593. The Bertz CT molecular complexity index is 1250. The first-order valence-electron chi connectivity index (χ1n) is 11.9. The molecule has 2 aromatic carbocycles. The molecule has 1 atom stereocenters. The van der Waals surface area contributed by atoms with Crippen molar-refractivity contribution in [1.82, 2.24) is 9.88 Å². The first-order valence-corrected chi connectivity index (χ1v) is 11.9. The van der Waals surface area contributed by atoms with Crippen molar-refractivity contribution >= 4 is 12.1 Å². The Morgan fingerprint density at radius 1 is 1.11 bits per heavy atom. The van der Waals surface area contributed by atoms with Gasteiger partial charge in [0.1, 0.15) is 5.60 Å². The summed E-state index contributed by atoms with van der Waals surface area (Å²) in [5.74, 6) is -0.388. The van der Waals surface area contributed by atoms with Crippen molar-refractivity contribution in [3.63, 3.8) is 0 Å². The van der Waals surface area contributed by atoms with E-state index < -0.39 is 5.60 Å². The fraction of sp³-hybridized carbons (Fsp3) is 0.345. The van der Waals surface area contributed by atoms with E-state index in [4.69, 9.17) is 9.47 Å². The largest absolute Gasteiger partial charge is 0.465 e. The number of hydrogen-bond acceptors (Lipinski definition) is 5. The van der Waals surface area contributed by atoms with Crippen LogP contribution in [0.2, 0.25) is 0 Å². The number of amides is 1. The number of nitrogens with zero attached hydrogens (tertiary/aromatic N) is 2. The van der Waals surface area contributed by atoms with Gasteiger partial charge in [-0.2, -0.15) is 0 Å². The monoisotopic (exact) mass is 472 g/mol. The summed E-state index contributed by atoms with van der Waals surface area (Å²) in [7, 11) is 1.37. The molecular formula is C29H32N2O4. The molecule has 0 spiro atoms. The van der Waals surface area contributed by atoms with E-state index in [2.05, 4.69) is 42.2 Å². The van der Waals surface area contributed by atoms with Crippen LogP contribution in [0.15, 0.2) is 60.9 Å². The molecule has 6 heteroatoms. The Balaban J connectivity index is 1.66. The molecule has 35 heavy (non-hydrogen) atoms. The molecule has 2 heterocycles. The third-order valence-corrected chi connectivity index (χ3v) is 6.30. The molecule has 0 bridgehead atoms. The normalized spacial score (nSPS) is 15.0. The Morgan fingerprint density at radius 3 is 2.60 bits per heavy atom. The number of ether oxygens (including phenoxy) is 2. The number of hydrogen-bond donors (Lipinski definition) is 0. The fourth-order valence-electron chi connectivity index (χ4n) is 4.65. The number of esters is 1. The lowest BCUT2D eigenvalue weighted by atomic mass is 9.93. The molecule has 0 saturated heterocycles. The lowest BCUT2D eigenvalue weighted by Gasteiger charge is -2.29. The van der Waals surface area contributed by atoms with E-state index in [-0.39, 0.29) is 18.1 Å². The lowest BCUT2D eigenvalue weighted by molar-refractivity contribution is 0.0164. The van der Waals surface area contributed by atoms with Crippen LogP contribution >= 0.6 is 0 Å². The number of carbonyl (C=O) groups excluding carboxylic acids is 2. The van der Waals surface area contributed by atoms with Crippen LogP contribution in [-0.2, 0) is 22.4 Å². The van der Waals surface area contributed by atoms with Gasteiger partial charge in [-0.15, -0.1) is 0 Å². The molecule has 1 aromatic heterocycles. The van der Waals surface area contributed by atoms with Gasteiger partial charge in [0.2, 0.25) is 0 Å². The maximum Gasteiger partial charge on any atom is 0.411 e. The predicted molar refractivity (Wildman–Crippen MR) is 135 cm³/mol. The van der Waals surface area contributed by atoms with Crippen LogP contribution in [0.1, 0.15) is 65.8 Å².